The maximum Gasteiger partial charge on any atom is 0.134 e. The molecule has 0 bridgehead atoms. The van der Waals surface area contributed by atoms with E-state index < -0.39 is 17.7 Å². The molecule has 1 aromatic heterocycles. The molecule has 1 aliphatic rings. The van der Waals surface area contributed by atoms with Gasteiger partial charge in [-0.15, -0.1) is 0 Å². The summed E-state index contributed by atoms with van der Waals surface area (Å²) in [5.74, 6) is -1.22. The summed E-state index contributed by atoms with van der Waals surface area (Å²) < 4.78 is 32.8. The van der Waals surface area contributed by atoms with Crippen molar-refractivity contribution in [2.45, 2.75) is 25.1 Å². The lowest BCUT2D eigenvalue weighted by Crippen LogP contribution is -2.46. The molecule has 1 fully saturated rings. The van der Waals surface area contributed by atoms with Crippen LogP contribution in [0.25, 0.3) is 11.1 Å². The highest BCUT2D eigenvalue weighted by molar-refractivity contribution is 5.63. The van der Waals surface area contributed by atoms with Crippen molar-refractivity contribution >= 4 is 0 Å². The molecule has 1 saturated heterocycles. The van der Waals surface area contributed by atoms with Gasteiger partial charge in [-0.05, 0) is 24.6 Å². The maximum atomic E-state index is 13.7. The fourth-order valence-electron chi connectivity index (χ4n) is 2.61. The number of benzene rings is 1. The van der Waals surface area contributed by atoms with Gasteiger partial charge in [0.1, 0.15) is 11.6 Å². The second kappa shape index (κ2) is 7.12. The molecule has 0 unspecified atom stereocenters. The lowest BCUT2D eigenvalue weighted by molar-refractivity contribution is -0.0160. The van der Waals surface area contributed by atoms with E-state index in [2.05, 4.69) is 10.3 Å². The van der Waals surface area contributed by atoms with Crippen LogP contribution < -0.4 is 5.32 Å². The quantitative estimate of drug-likeness (QED) is 0.907. The molecule has 6 heteroatoms. The van der Waals surface area contributed by atoms with Crippen molar-refractivity contribution in [1.82, 2.24) is 10.3 Å². The molecule has 0 amide bonds. The largest absolute Gasteiger partial charge is 0.391 e. The summed E-state index contributed by atoms with van der Waals surface area (Å²) in [6, 6.07) is 6.99. The van der Waals surface area contributed by atoms with Crippen LogP contribution in [0.2, 0.25) is 0 Å². The van der Waals surface area contributed by atoms with Gasteiger partial charge in [0.05, 0.1) is 30.0 Å². The topological polar surface area (TPSA) is 54.4 Å². The third kappa shape index (κ3) is 3.72. The van der Waals surface area contributed by atoms with Gasteiger partial charge < -0.3 is 15.2 Å². The highest BCUT2D eigenvalue weighted by Crippen LogP contribution is 2.25. The summed E-state index contributed by atoms with van der Waals surface area (Å²) in [5, 5.41) is 13.0. The van der Waals surface area contributed by atoms with Crippen LogP contribution in [-0.4, -0.2) is 35.5 Å². The monoisotopic (exact) mass is 320 g/mol. The molecule has 2 aromatic rings. The maximum absolute atomic E-state index is 13.7. The van der Waals surface area contributed by atoms with E-state index in [9.17, 15) is 13.9 Å². The van der Waals surface area contributed by atoms with Gasteiger partial charge in [-0.25, -0.2) is 8.78 Å². The number of aromatic nitrogens is 1. The fourth-order valence-corrected chi connectivity index (χ4v) is 2.61. The molecule has 2 N–H and O–H groups in total. The fraction of sp³-hybridized carbons (Fsp3) is 0.353. The molecule has 0 radical (unpaired) electrons. The zero-order chi connectivity index (χ0) is 16.2. The molecule has 1 aromatic carbocycles. The van der Waals surface area contributed by atoms with Crippen molar-refractivity contribution in [2.75, 3.05) is 13.2 Å². The second-order valence-electron chi connectivity index (χ2n) is 5.55. The molecule has 0 spiro atoms. The summed E-state index contributed by atoms with van der Waals surface area (Å²) in [6.07, 6.45) is 1.62. The Morgan fingerprint density at radius 3 is 2.65 bits per heavy atom. The summed E-state index contributed by atoms with van der Waals surface area (Å²) >= 11 is 0. The standard InChI is InChI=1S/C17H18F2N2O2/c18-13-2-1-3-14(19)17(13)11-4-5-12(20-8-11)9-21-15-10-23-7-6-16(15)22/h1-5,8,15-16,21-22H,6-7,9-10H2/t15-,16-/m1/s1. The molecule has 3 rings (SSSR count). The van der Waals surface area contributed by atoms with Crippen LogP contribution in [0.15, 0.2) is 36.5 Å². The van der Waals surface area contributed by atoms with Crippen molar-refractivity contribution in [3.8, 4) is 11.1 Å². The molecular formula is C17H18F2N2O2. The van der Waals surface area contributed by atoms with Gasteiger partial charge in [0.15, 0.2) is 0 Å². The molecule has 2 heterocycles. The first-order valence-electron chi connectivity index (χ1n) is 7.53. The first-order valence-corrected chi connectivity index (χ1v) is 7.53. The summed E-state index contributed by atoms with van der Waals surface area (Å²) in [6.45, 7) is 1.48. The number of ether oxygens (including phenoxy) is 1. The van der Waals surface area contributed by atoms with Crippen molar-refractivity contribution < 1.29 is 18.6 Å². The van der Waals surface area contributed by atoms with Crippen LogP contribution >= 0.6 is 0 Å². The molecule has 2 atom stereocenters. The van der Waals surface area contributed by atoms with Gasteiger partial charge in [-0.3, -0.25) is 4.98 Å². The Morgan fingerprint density at radius 1 is 1.22 bits per heavy atom. The van der Waals surface area contributed by atoms with Crippen LogP contribution in [0.4, 0.5) is 8.78 Å². The number of nitrogens with zero attached hydrogens (tertiary/aromatic N) is 1. The Bertz CT molecular complexity index is 644. The molecular weight excluding hydrogens is 302 g/mol. The van der Waals surface area contributed by atoms with Gasteiger partial charge >= 0.3 is 0 Å². The Kier molecular flexibility index (Phi) is 4.95. The van der Waals surface area contributed by atoms with Crippen LogP contribution in [0.5, 0.6) is 0 Å². The molecule has 0 aliphatic carbocycles. The number of nitrogens with one attached hydrogen (secondary N) is 1. The van der Waals surface area contributed by atoms with Gasteiger partial charge in [0.2, 0.25) is 0 Å². The molecule has 122 valence electrons. The average Bonchev–Trinajstić information content (AvgIpc) is 2.55. The lowest BCUT2D eigenvalue weighted by atomic mass is 10.1. The Hall–Kier alpha value is -1.89. The van der Waals surface area contributed by atoms with Crippen LogP contribution in [0.3, 0.4) is 0 Å². The van der Waals surface area contributed by atoms with E-state index in [1.54, 1.807) is 12.1 Å². The summed E-state index contributed by atoms with van der Waals surface area (Å²) in [5.41, 5.74) is 1.05. The zero-order valence-corrected chi connectivity index (χ0v) is 12.5. The highest BCUT2D eigenvalue weighted by Gasteiger charge is 2.23. The predicted molar refractivity (Wildman–Crippen MR) is 81.7 cm³/mol. The number of aliphatic hydroxyl groups is 1. The first kappa shape index (κ1) is 16.0. The Balaban J connectivity index is 1.67. The highest BCUT2D eigenvalue weighted by atomic mass is 19.1. The van der Waals surface area contributed by atoms with Crippen molar-refractivity contribution in [3.63, 3.8) is 0 Å². The van der Waals surface area contributed by atoms with E-state index in [1.165, 1.54) is 24.4 Å². The van der Waals surface area contributed by atoms with Gasteiger partial charge in [-0.1, -0.05) is 12.1 Å². The average molecular weight is 320 g/mol. The number of halogens is 2. The third-order valence-corrected chi connectivity index (χ3v) is 3.94. The van der Waals surface area contributed by atoms with Crippen LogP contribution in [-0.2, 0) is 11.3 Å². The zero-order valence-electron chi connectivity index (χ0n) is 12.5. The molecule has 4 nitrogen and oxygen atoms in total. The minimum absolute atomic E-state index is 0.0735. The summed E-state index contributed by atoms with van der Waals surface area (Å²) in [7, 11) is 0. The smallest absolute Gasteiger partial charge is 0.134 e. The first-order chi connectivity index (χ1) is 11.1. The second-order valence-corrected chi connectivity index (χ2v) is 5.55. The minimum atomic E-state index is -0.611. The van der Waals surface area contributed by atoms with Gasteiger partial charge in [0.25, 0.3) is 0 Å². The molecule has 23 heavy (non-hydrogen) atoms. The van der Waals surface area contributed by atoms with E-state index >= 15 is 0 Å². The number of hydrogen-bond acceptors (Lipinski definition) is 4. The van der Waals surface area contributed by atoms with E-state index in [1.807, 2.05) is 0 Å². The van der Waals surface area contributed by atoms with Gasteiger partial charge in [0, 0.05) is 24.9 Å². The number of pyridine rings is 1. The minimum Gasteiger partial charge on any atom is -0.391 e. The van der Waals surface area contributed by atoms with E-state index in [4.69, 9.17) is 4.74 Å². The van der Waals surface area contributed by atoms with E-state index in [0.29, 0.717) is 31.7 Å². The normalized spacial score (nSPS) is 21.3. The van der Waals surface area contributed by atoms with E-state index in [0.717, 1.165) is 5.69 Å². The lowest BCUT2D eigenvalue weighted by Gasteiger charge is -2.28. The number of rotatable bonds is 4. The van der Waals surface area contributed by atoms with Crippen molar-refractivity contribution in [1.29, 1.82) is 0 Å². The number of aliphatic hydroxyl groups excluding tert-OH is 1. The van der Waals surface area contributed by atoms with Crippen LogP contribution in [0, 0.1) is 11.6 Å². The Labute approximate surface area is 133 Å². The van der Waals surface area contributed by atoms with E-state index in [-0.39, 0.29) is 11.6 Å². The summed E-state index contributed by atoms with van der Waals surface area (Å²) in [4.78, 5) is 4.23. The number of hydrogen-bond donors (Lipinski definition) is 2. The Morgan fingerprint density at radius 2 is 2.00 bits per heavy atom. The molecule has 0 saturated carbocycles. The SMILES string of the molecule is O[C@@H]1CCOC[C@H]1NCc1ccc(-c2c(F)cccc2F)cn1. The van der Waals surface area contributed by atoms with Gasteiger partial charge in [-0.2, -0.15) is 0 Å². The predicted octanol–water partition coefficient (Wildman–Crippen LogP) is 2.27. The molecule has 1 aliphatic heterocycles. The van der Waals surface area contributed by atoms with Crippen LogP contribution in [0.1, 0.15) is 12.1 Å². The third-order valence-electron chi connectivity index (χ3n) is 3.94. The van der Waals surface area contributed by atoms with Crippen molar-refractivity contribution in [2.24, 2.45) is 0 Å². The van der Waals surface area contributed by atoms with Crippen molar-refractivity contribution in [3.05, 3.63) is 53.9 Å².